The average molecular weight is 114 g/mol. The Morgan fingerprint density at radius 2 is 2.38 bits per heavy atom. The van der Waals surface area contributed by atoms with Crippen molar-refractivity contribution in [1.82, 2.24) is 0 Å². The van der Waals surface area contributed by atoms with E-state index in [1.165, 1.54) is 13.0 Å². The highest BCUT2D eigenvalue weighted by Crippen LogP contribution is 2.03. The highest BCUT2D eigenvalue weighted by molar-refractivity contribution is 5.61. The van der Waals surface area contributed by atoms with Crippen molar-refractivity contribution < 1.29 is 9.90 Å². The molecule has 0 aromatic heterocycles. The summed E-state index contributed by atoms with van der Waals surface area (Å²) >= 11 is 0. The molecule has 0 rings (SSSR count). The summed E-state index contributed by atoms with van der Waals surface area (Å²) < 4.78 is 0. The zero-order valence-electron chi connectivity index (χ0n) is 4.92. The topological polar surface area (TPSA) is 37.3 Å². The number of carbonyl (C=O) groups is 1. The Kier molecular flexibility index (Phi) is 2.42. The minimum Gasteiger partial charge on any atom is -0.382 e. The van der Waals surface area contributed by atoms with E-state index in [-0.39, 0.29) is 0 Å². The summed E-state index contributed by atoms with van der Waals surface area (Å²) in [6.45, 7) is 4.82. The second kappa shape index (κ2) is 2.62. The quantitative estimate of drug-likeness (QED) is 0.429. The maximum absolute atomic E-state index is 9.92. The lowest BCUT2D eigenvalue weighted by Gasteiger charge is -2.10. The molecule has 0 saturated heterocycles. The summed E-state index contributed by atoms with van der Waals surface area (Å²) in [4.78, 5) is 9.92. The maximum atomic E-state index is 9.92. The summed E-state index contributed by atoms with van der Waals surface area (Å²) in [5, 5.41) is 8.88. The molecule has 46 valence electrons. The molecule has 0 aromatic rings. The second-order valence-corrected chi connectivity index (χ2v) is 1.97. The van der Waals surface area contributed by atoms with Gasteiger partial charge in [0.05, 0.1) is 0 Å². The van der Waals surface area contributed by atoms with E-state index < -0.39 is 5.60 Å². The Hall–Kier alpha value is -0.630. The minimum absolute atomic E-state index is 0.316. The fourth-order valence-electron chi connectivity index (χ4n) is 0.340. The van der Waals surface area contributed by atoms with Gasteiger partial charge in [0.1, 0.15) is 5.60 Å². The van der Waals surface area contributed by atoms with Gasteiger partial charge in [0, 0.05) is 6.42 Å². The van der Waals surface area contributed by atoms with Crippen molar-refractivity contribution >= 4 is 6.29 Å². The molecule has 0 aliphatic heterocycles. The lowest BCUT2D eigenvalue weighted by atomic mass is 10.1. The molecule has 0 unspecified atom stereocenters. The van der Waals surface area contributed by atoms with Crippen molar-refractivity contribution in [3.8, 4) is 0 Å². The van der Waals surface area contributed by atoms with Crippen LogP contribution in [-0.4, -0.2) is 17.0 Å². The minimum atomic E-state index is -1.21. The first-order valence-corrected chi connectivity index (χ1v) is 2.42. The highest BCUT2D eigenvalue weighted by Gasteiger charge is 2.15. The van der Waals surface area contributed by atoms with Crippen molar-refractivity contribution in [2.75, 3.05) is 0 Å². The summed E-state index contributed by atoms with van der Waals surface area (Å²) in [6.07, 6.45) is 2.33. The first kappa shape index (κ1) is 7.37. The first-order valence-electron chi connectivity index (χ1n) is 2.42. The van der Waals surface area contributed by atoms with E-state index >= 15 is 0 Å². The van der Waals surface area contributed by atoms with E-state index in [1.54, 1.807) is 0 Å². The SMILES string of the molecule is C=CC[C@@](C)(O)C=O. The number of carbonyl (C=O) groups excluding carboxylic acids is 1. The number of rotatable bonds is 3. The third kappa shape index (κ3) is 2.53. The highest BCUT2D eigenvalue weighted by atomic mass is 16.3. The Morgan fingerprint density at radius 1 is 1.88 bits per heavy atom. The fourth-order valence-corrected chi connectivity index (χ4v) is 0.340. The van der Waals surface area contributed by atoms with Crippen LogP contribution in [0.4, 0.5) is 0 Å². The van der Waals surface area contributed by atoms with Crippen molar-refractivity contribution in [3.63, 3.8) is 0 Å². The Bertz CT molecular complexity index is 94.7. The molecule has 2 nitrogen and oxygen atoms in total. The number of aldehydes is 1. The lowest BCUT2D eigenvalue weighted by molar-refractivity contribution is -0.122. The third-order valence-electron chi connectivity index (χ3n) is 0.811. The molecular weight excluding hydrogens is 104 g/mol. The van der Waals surface area contributed by atoms with E-state index in [1.807, 2.05) is 0 Å². The Morgan fingerprint density at radius 3 is 2.50 bits per heavy atom. The van der Waals surface area contributed by atoms with Crippen LogP contribution in [0.1, 0.15) is 13.3 Å². The van der Waals surface area contributed by atoms with Gasteiger partial charge in [0.2, 0.25) is 0 Å². The molecule has 0 saturated carbocycles. The third-order valence-corrected chi connectivity index (χ3v) is 0.811. The summed E-state index contributed by atoms with van der Waals surface area (Å²) in [6, 6.07) is 0. The zero-order valence-corrected chi connectivity index (χ0v) is 4.92. The van der Waals surface area contributed by atoms with E-state index in [9.17, 15) is 4.79 Å². The molecule has 0 spiro atoms. The molecule has 0 fully saturated rings. The van der Waals surface area contributed by atoms with Crippen molar-refractivity contribution in [2.45, 2.75) is 18.9 Å². The van der Waals surface area contributed by atoms with Gasteiger partial charge in [-0.2, -0.15) is 0 Å². The second-order valence-electron chi connectivity index (χ2n) is 1.97. The van der Waals surface area contributed by atoms with Crippen LogP contribution in [0.25, 0.3) is 0 Å². The van der Waals surface area contributed by atoms with Crippen LogP contribution in [0.15, 0.2) is 12.7 Å². The zero-order chi connectivity index (χ0) is 6.62. The lowest BCUT2D eigenvalue weighted by Crippen LogP contribution is -2.24. The molecule has 0 amide bonds. The van der Waals surface area contributed by atoms with Crippen LogP contribution in [0.2, 0.25) is 0 Å². The van der Waals surface area contributed by atoms with Crippen LogP contribution in [0, 0.1) is 0 Å². The van der Waals surface area contributed by atoms with Gasteiger partial charge in [0.15, 0.2) is 6.29 Å². The first-order chi connectivity index (χ1) is 3.62. The summed E-state index contributed by atoms with van der Waals surface area (Å²) in [7, 11) is 0. The Labute approximate surface area is 48.8 Å². The monoisotopic (exact) mass is 114 g/mol. The van der Waals surface area contributed by atoms with Crippen molar-refractivity contribution in [2.24, 2.45) is 0 Å². The van der Waals surface area contributed by atoms with E-state index in [2.05, 4.69) is 6.58 Å². The van der Waals surface area contributed by atoms with Gasteiger partial charge >= 0.3 is 0 Å². The summed E-state index contributed by atoms with van der Waals surface area (Å²) in [5.74, 6) is 0. The normalized spacial score (nSPS) is 16.8. The predicted molar refractivity (Wildman–Crippen MR) is 31.5 cm³/mol. The van der Waals surface area contributed by atoms with Gasteiger partial charge in [-0.15, -0.1) is 6.58 Å². The van der Waals surface area contributed by atoms with E-state index in [4.69, 9.17) is 5.11 Å². The number of hydrogen-bond donors (Lipinski definition) is 1. The van der Waals surface area contributed by atoms with Crippen LogP contribution in [0.5, 0.6) is 0 Å². The van der Waals surface area contributed by atoms with Crippen molar-refractivity contribution in [1.29, 1.82) is 0 Å². The molecule has 0 aromatic carbocycles. The van der Waals surface area contributed by atoms with Gasteiger partial charge < -0.3 is 9.90 Å². The molecule has 0 heterocycles. The van der Waals surface area contributed by atoms with Crippen molar-refractivity contribution in [3.05, 3.63) is 12.7 Å². The molecule has 2 heteroatoms. The average Bonchev–Trinajstić information content (AvgIpc) is 1.67. The molecule has 0 bridgehead atoms. The number of aliphatic hydroxyl groups is 1. The standard InChI is InChI=1S/C6H10O2/c1-3-4-6(2,8)5-7/h3,5,8H,1,4H2,2H3/t6-/m1/s1. The largest absolute Gasteiger partial charge is 0.382 e. The van der Waals surface area contributed by atoms with Crippen LogP contribution >= 0.6 is 0 Å². The van der Waals surface area contributed by atoms with Crippen LogP contribution in [0.3, 0.4) is 0 Å². The van der Waals surface area contributed by atoms with Gasteiger partial charge in [-0.1, -0.05) is 6.08 Å². The molecule has 1 atom stereocenters. The van der Waals surface area contributed by atoms with Gasteiger partial charge in [-0.05, 0) is 6.92 Å². The molecule has 1 N–H and O–H groups in total. The molecular formula is C6H10O2. The smallest absolute Gasteiger partial charge is 0.151 e. The summed E-state index contributed by atoms with van der Waals surface area (Å²) in [5.41, 5.74) is -1.21. The van der Waals surface area contributed by atoms with Crippen LogP contribution < -0.4 is 0 Å². The van der Waals surface area contributed by atoms with Gasteiger partial charge in [-0.25, -0.2) is 0 Å². The number of hydrogen-bond acceptors (Lipinski definition) is 2. The van der Waals surface area contributed by atoms with Gasteiger partial charge in [0.25, 0.3) is 0 Å². The van der Waals surface area contributed by atoms with Gasteiger partial charge in [-0.3, -0.25) is 0 Å². The molecule has 0 radical (unpaired) electrons. The molecule has 0 aliphatic carbocycles. The van der Waals surface area contributed by atoms with E-state index in [0.717, 1.165) is 0 Å². The Balaban J connectivity index is 3.70. The maximum Gasteiger partial charge on any atom is 0.151 e. The molecule has 8 heavy (non-hydrogen) atoms. The molecule has 0 aliphatic rings. The van der Waals surface area contributed by atoms with Crippen LogP contribution in [-0.2, 0) is 4.79 Å². The fraction of sp³-hybridized carbons (Fsp3) is 0.500. The van der Waals surface area contributed by atoms with E-state index in [0.29, 0.717) is 12.7 Å². The predicted octanol–water partition coefficient (Wildman–Crippen LogP) is 0.512.